The van der Waals surface area contributed by atoms with Gasteiger partial charge in [-0.1, -0.05) is 0 Å². The van der Waals surface area contributed by atoms with Crippen LogP contribution in [0.3, 0.4) is 0 Å². The van der Waals surface area contributed by atoms with Crippen LogP contribution in [0.15, 0.2) is 16.5 Å². The molecule has 0 radical (unpaired) electrons. The summed E-state index contributed by atoms with van der Waals surface area (Å²) in [6, 6.07) is 2.87. The molecule has 1 aromatic heterocycles. The normalized spacial score (nSPS) is 18.7. The number of ether oxygens (including phenoxy) is 1. The molecule has 2 N–H and O–H groups in total. The average Bonchev–Trinajstić information content (AvgIpc) is 2.78. The molecule has 0 aliphatic carbocycles. The summed E-state index contributed by atoms with van der Waals surface area (Å²) in [6.45, 7) is 1.90. The van der Waals surface area contributed by atoms with E-state index in [-0.39, 0.29) is 5.88 Å². The van der Waals surface area contributed by atoms with Crippen molar-refractivity contribution in [2.75, 3.05) is 19.8 Å². The van der Waals surface area contributed by atoms with E-state index >= 15 is 0 Å². The molecular weight excluding hydrogens is 240 g/mol. The van der Waals surface area contributed by atoms with Gasteiger partial charge in [-0.05, 0) is 6.07 Å². The van der Waals surface area contributed by atoms with Gasteiger partial charge in [0.25, 0.3) is 0 Å². The zero-order valence-corrected chi connectivity index (χ0v) is 9.92. The predicted octanol–water partition coefficient (Wildman–Crippen LogP) is 0.819. The Morgan fingerprint density at radius 1 is 1.44 bits per heavy atom. The van der Waals surface area contributed by atoms with Gasteiger partial charge in [0.05, 0.1) is 18.2 Å². The second kappa shape index (κ2) is 5.47. The molecule has 0 spiro atoms. The van der Waals surface area contributed by atoms with Crippen LogP contribution in [-0.2, 0) is 11.3 Å². The maximum absolute atomic E-state index is 10.4. The monoisotopic (exact) mass is 256 g/mol. The molecule has 1 aliphatic heterocycles. The minimum Gasteiger partial charge on any atom is -0.404 e. The molecule has 0 atom stereocenters. The van der Waals surface area contributed by atoms with Gasteiger partial charge in [-0.2, -0.15) is 0 Å². The van der Waals surface area contributed by atoms with E-state index in [9.17, 15) is 15.2 Å². The van der Waals surface area contributed by atoms with Crippen LogP contribution in [0.5, 0.6) is 0 Å². The number of nitro groups is 1. The van der Waals surface area contributed by atoms with Crippen LogP contribution in [-0.4, -0.2) is 35.4 Å². The Bertz CT molecular complexity index is 411. The van der Waals surface area contributed by atoms with Crippen molar-refractivity contribution in [1.29, 1.82) is 0 Å². The summed E-state index contributed by atoms with van der Waals surface area (Å²) in [5.41, 5.74) is -0.753. The maximum Gasteiger partial charge on any atom is 0.433 e. The van der Waals surface area contributed by atoms with Crippen molar-refractivity contribution in [3.8, 4) is 0 Å². The Labute approximate surface area is 104 Å². The molecule has 1 fully saturated rings. The Kier molecular flexibility index (Phi) is 3.95. The SMILES string of the molecule is O=[N+]([O-])c1ccc(CNCC2(O)CCOCC2)o1. The lowest BCUT2D eigenvalue weighted by molar-refractivity contribution is -0.402. The number of aliphatic hydroxyl groups is 1. The van der Waals surface area contributed by atoms with Crippen LogP contribution in [0, 0.1) is 10.1 Å². The summed E-state index contributed by atoms with van der Waals surface area (Å²) in [5.74, 6) is 0.217. The van der Waals surface area contributed by atoms with E-state index in [0.717, 1.165) is 0 Å². The highest BCUT2D eigenvalue weighted by Gasteiger charge is 2.29. The second-order valence-corrected chi connectivity index (χ2v) is 4.44. The van der Waals surface area contributed by atoms with Crippen molar-refractivity contribution < 1.29 is 19.2 Å². The average molecular weight is 256 g/mol. The standard InChI is InChI=1S/C11H16N2O5/c14-11(3-5-17-6-4-11)8-12-7-9-1-2-10(18-9)13(15)16/h1-2,12,14H,3-8H2. The molecule has 18 heavy (non-hydrogen) atoms. The quantitative estimate of drug-likeness (QED) is 0.598. The maximum atomic E-state index is 10.4. The molecular formula is C11H16N2O5. The minimum absolute atomic E-state index is 0.267. The molecule has 0 saturated carbocycles. The van der Waals surface area contributed by atoms with Gasteiger partial charge in [0, 0.05) is 32.6 Å². The van der Waals surface area contributed by atoms with E-state index in [4.69, 9.17) is 9.15 Å². The third kappa shape index (κ3) is 3.28. The fourth-order valence-corrected chi connectivity index (χ4v) is 1.91. The van der Waals surface area contributed by atoms with Crippen molar-refractivity contribution in [2.45, 2.75) is 25.0 Å². The molecule has 1 aromatic rings. The summed E-state index contributed by atoms with van der Waals surface area (Å²) < 4.78 is 10.2. The molecule has 1 saturated heterocycles. The molecule has 0 bridgehead atoms. The molecule has 7 nitrogen and oxygen atoms in total. The topological polar surface area (TPSA) is 97.8 Å². The third-order valence-corrected chi connectivity index (χ3v) is 3.00. The van der Waals surface area contributed by atoms with Crippen molar-refractivity contribution in [3.05, 3.63) is 28.0 Å². The molecule has 100 valence electrons. The lowest BCUT2D eigenvalue weighted by atomic mass is 9.94. The van der Waals surface area contributed by atoms with Gasteiger partial charge in [0.2, 0.25) is 0 Å². The third-order valence-electron chi connectivity index (χ3n) is 3.00. The highest BCUT2D eigenvalue weighted by molar-refractivity contribution is 5.17. The van der Waals surface area contributed by atoms with Crippen molar-refractivity contribution in [3.63, 3.8) is 0 Å². The van der Waals surface area contributed by atoms with E-state index in [1.807, 2.05) is 0 Å². The van der Waals surface area contributed by atoms with Crippen LogP contribution in [0.25, 0.3) is 0 Å². The molecule has 0 unspecified atom stereocenters. The Balaban J connectivity index is 1.78. The summed E-state index contributed by atoms with van der Waals surface area (Å²) in [5, 5.41) is 23.6. The molecule has 0 amide bonds. The molecule has 7 heteroatoms. The highest BCUT2D eigenvalue weighted by atomic mass is 16.6. The van der Waals surface area contributed by atoms with Crippen LogP contribution >= 0.6 is 0 Å². The number of nitrogens with zero attached hydrogens (tertiary/aromatic N) is 1. The largest absolute Gasteiger partial charge is 0.433 e. The molecule has 2 rings (SSSR count). The Hall–Kier alpha value is -1.44. The first-order valence-electron chi connectivity index (χ1n) is 5.83. The number of nitrogens with one attached hydrogen (secondary N) is 1. The zero-order chi connectivity index (χ0) is 13.0. The van der Waals surface area contributed by atoms with Crippen LogP contribution in [0.4, 0.5) is 5.88 Å². The summed E-state index contributed by atoms with van der Waals surface area (Å²) >= 11 is 0. The van der Waals surface area contributed by atoms with E-state index in [2.05, 4.69) is 5.32 Å². The fraction of sp³-hybridized carbons (Fsp3) is 0.636. The van der Waals surface area contributed by atoms with Gasteiger partial charge < -0.3 is 19.6 Å². The van der Waals surface area contributed by atoms with Gasteiger partial charge in [0.1, 0.15) is 10.7 Å². The number of furan rings is 1. The summed E-state index contributed by atoms with van der Waals surface area (Å²) in [4.78, 5) is 9.85. The lowest BCUT2D eigenvalue weighted by Crippen LogP contribution is -2.44. The Morgan fingerprint density at radius 2 is 2.17 bits per heavy atom. The first-order valence-corrected chi connectivity index (χ1v) is 5.83. The molecule has 1 aliphatic rings. The van der Waals surface area contributed by atoms with Gasteiger partial charge in [0.15, 0.2) is 0 Å². The van der Waals surface area contributed by atoms with Crippen molar-refractivity contribution in [1.82, 2.24) is 5.32 Å². The van der Waals surface area contributed by atoms with E-state index in [0.29, 0.717) is 44.9 Å². The molecule has 0 aromatic carbocycles. The fourth-order valence-electron chi connectivity index (χ4n) is 1.91. The van der Waals surface area contributed by atoms with Crippen molar-refractivity contribution in [2.24, 2.45) is 0 Å². The van der Waals surface area contributed by atoms with E-state index < -0.39 is 10.5 Å². The van der Waals surface area contributed by atoms with Gasteiger partial charge >= 0.3 is 5.88 Å². The minimum atomic E-state index is -0.753. The molecule has 2 heterocycles. The van der Waals surface area contributed by atoms with E-state index in [1.54, 1.807) is 6.07 Å². The van der Waals surface area contributed by atoms with E-state index in [1.165, 1.54) is 6.07 Å². The number of hydrogen-bond donors (Lipinski definition) is 2. The number of rotatable bonds is 5. The first-order chi connectivity index (χ1) is 8.59. The second-order valence-electron chi connectivity index (χ2n) is 4.44. The smallest absolute Gasteiger partial charge is 0.404 e. The van der Waals surface area contributed by atoms with Gasteiger partial charge in [-0.25, -0.2) is 0 Å². The lowest BCUT2D eigenvalue weighted by Gasteiger charge is -2.32. The van der Waals surface area contributed by atoms with Gasteiger partial charge in [-0.15, -0.1) is 0 Å². The first kappa shape index (κ1) is 13.0. The van der Waals surface area contributed by atoms with Crippen molar-refractivity contribution >= 4 is 5.88 Å². The predicted molar refractivity (Wildman–Crippen MR) is 62.1 cm³/mol. The van der Waals surface area contributed by atoms with Gasteiger partial charge in [-0.3, -0.25) is 10.1 Å². The summed E-state index contributed by atoms with van der Waals surface area (Å²) in [7, 11) is 0. The zero-order valence-electron chi connectivity index (χ0n) is 9.92. The summed E-state index contributed by atoms with van der Waals surface area (Å²) in [6.07, 6.45) is 1.19. The number of hydrogen-bond acceptors (Lipinski definition) is 6. The highest BCUT2D eigenvalue weighted by Crippen LogP contribution is 2.20. The van der Waals surface area contributed by atoms with Crippen LogP contribution in [0.1, 0.15) is 18.6 Å². The Morgan fingerprint density at radius 3 is 2.78 bits per heavy atom. The van der Waals surface area contributed by atoms with Crippen LogP contribution in [0.2, 0.25) is 0 Å². The van der Waals surface area contributed by atoms with Crippen LogP contribution < -0.4 is 5.32 Å².